The first-order valence-electron chi connectivity index (χ1n) is 7.93. The highest BCUT2D eigenvalue weighted by atomic mass is 35.5. The minimum absolute atomic E-state index is 0.0243. The second kappa shape index (κ2) is 9.75. The molecule has 146 valence electrons. The molecule has 0 bridgehead atoms. The van der Waals surface area contributed by atoms with Crippen molar-refractivity contribution >= 4 is 56.7 Å². The molecule has 1 amide bonds. The Morgan fingerprint density at radius 3 is 2.67 bits per heavy atom. The fourth-order valence-corrected chi connectivity index (χ4v) is 4.69. The van der Waals surface area contributed by atoms with E-state index < -0.39 is 22.0 Å². The molecule has 0 fully saturated rings. The van der Waals surface area contributed by atoms with Gasteiger partial charge >= 0.3 is 0 Å². The van der Waals surface area contributed by atoms with Crippen molar-refractivity contribution in [1.82, 2.24) is 9.71 Å². The van der Waals surface area contributed by atoms with E-state index >= 15 is 0 Å². The van der Waals surface area contributed by atoms with Crippen LogP contribution in [0.2, 0.25) is 10.0 Å². The van der Waals surface area contributed by atoms with Crippen LogP contribution in [0.15, 0.2) is 41.4 Å². The van der Waals surface area contributed by atoms with Crippen molar-refractivity contribution in [1.29, 1.82) is 0 Å². The van der Waals surface area contributed by atoms with Gasteiger partial charge in [0, 0.05) is 11.2 Å². The number of halogens is 2. The van der Waals surface area contributed by atoms with Gasteiger partial charge in [-0.1, -0.05) is 23.2 Å². The first-order valence-corrected chi connectivity index (χ1v) is 11.6. The summed E-state index contributed by atoms with van der Waals surface area (Å²) in [5, 5.41) is 2.90. The molecule has 1 heterocycles. The third-order valence-corrected chi connectivity index (χ3v) is 6.41. The van der Waals surface area contributed by atoms with Crippen molar-refractivity contribution in [2.24, 2.45) is 0 Å². The number of pyridine rings is 1. The van der Waals surface area contributed by atoms with Gasteiger partial charge in [-0.25, -0.2) is 13.4 Å². The van der Waals surface area contributed by atoms with E-state index in [2.05, 4.69) is 15.0 Å². The third-order valence-electron chi connectivity index (χ3n) is 3.57. The number of benzene rings is 1. The molecule has 0 aliphatic heterocycles. The fraction of sp³-hybridized carbons (Fsp3) is 0.294. The molecule has 0 radical (unpaired) electrons. The van der Waals surface area contributed by atoms with Gasteiger partial charge in [0.05, 0.1) is 5.02 Å². The van der Waals surface area contributed by atoms with E-state index in [9.17, 15) is 13.2 Å². The Balaban J connectivity index is 2.24. The van der Waals surface area contributed by atoms with Crippen LogP contribution in [0.5, 0.6) is 0 Å². The van der Waals surface area contributed by atoms with Crippen molar-refractivity contribution < 1.29 is 13.2 Å². The molecule has 2 aromatic rings. The highest BCUT2D eigenvalue weighted by Crippen LogP contribution is 2.25. The van der Waals surface area contributed by atoms with Gasteiger partial charge in [-0.15, -0.1) is 0 Å². The van der Waals surface area contributed by atoms with Crippen LogP contribution in [0, 0.1) is 6.92 Å². The Morgan fingerprint density at radius 2 is 2.00 bits per heavy atom. The van der Waals surface area contributed by atoms with Crippen LogP contribution in [0.25, 0.3) is 0 Å². The predicted molar refractivity (Wildman–Crippen MR) is 111 cm³/mol. The van der Waals surface area contributed by atoms with Crippen molar-refractivity contribution in [3.63, 3.8) is 0 Å². The largest absolute Gasteiger partial charge is 0.309 e. The number of nitrogens with one attached hydrogen (secondary N) is 2. The number of hydrogen-bond donors (Lipinski definition) is 2. The first kappa shape index (κ1) is 22.0. The van der Waals surface area contributed by atoms with Gasteiger partial charge in [-0.2, -0.15) is 16.5 Å². The Labute approximate surface area is 173 Å². The van der Waals surface area contributed by atoms with E-state index in [0.717, 1.165) is 5.56 Å². The number of carbonyl (C=O) groups excluding carboxylic acids is 1. The maximum absolute atomic E-state index is 12.7. The van der Waals surface area contributed by atoms with Crippen LogP contribution in [0.4, 0.5) is 5.82 Å². The summed E-state index contributed by atoms with van der Waals surface area (Å²) in [6, 6.07) is 6.64. The Bertz CT molecular complexity index is 923. The topological polar surface area (TPSA) is 88.2 Å². The molecule has 2 rings (SSSR count). The number of thioether (sulfide) groups is 1. The number of aryl methyl sites for hydroxylation is 1. The number of rotatable bonds is 8. The summed E-state index contributed by atoms with van der Waals surface area (Å²) in [6.07, 6.45) is 3.74. The number of amides is 1. The molecule has 0 aliphatic rings. The quantitative estimate of drug-likeness (QED) is 0.643. The van der Waals surface area contributed by atoms with Gasteiger partial charge in [-0.3, -0.25) is 4.79 Å². The summed E-state index contributed by atoms with van der Waals surface area (Å²) in [7, 11) is -4.05. The van der Waals surface area contributed by atoms with Crippen LogP contribution in [-0.4, -0.2) is 37.4 Å². The fourth-order valence-electron chi connectivity index (χ4n) is 2.23. The molecule has 0 aliphatic carbocycles. The molecule has 1 aromatic carbocycles. The summed E-state index contributed by atoms with van der Waals surface area (Å²) in [6.45, 7) is 1.87. The molecule has 10 heteroatoms. The van der Waals surface area contributed by atoms with Gasteiger partial charge in [0.25, 0.3) is 0 Å². The zero-order chi connectivity index (χ0) is 20.0. The average molecular weight is 448 g/mol. The second-order valence-corrected chi connectivity index (χ2v) is 9.25. The zero-order valence-electron chi connectivity index (χ0n) is 14.7. The van der Waals surface area contributed by atoms with Gasteiger partial charge in [0.1, 0.15) is 16.8 Å². The van der Waals surface area contributed by atoms with E-state index in [1.165, 1.54) is 30.0 Å². The number of carbonyl (C=O) groups is 1. The SMILES string of the molecule is CSCCC(NS(=O)(=O)c1cc(Cl)ccc1Cl)C(=O)Nc1cc(C)ccn1. The Hall–Kier alpha value is -1.32. The van der Waals surface area contributed by atoms with E-state index in [-0.39, 0.29) is 14.9 Å². The van der Waals surface area contributed by atoms with E-state index in [1.54, 1.807) is 18.3 Å². The number of sulfonamides is 1. The first-order chi connectivity index (χ1) is 12.7. The normalized spacial score (nSPS) is 12.6. The van der Waals surface area contributed by atoms with Crippen molar-refractivity contribution in [2.75, 3.05) is 17.3 Å². The monoisotopic (exact) mass is 447 g/mol. The summed E-state index contributed by atoms with van der Waals surface area (Å²) in [5.41, 5.74) is 0.923. The van der Waals surface area contributed by atoms with Crippen LogP contribution < -0.4 is 10.0 Å². The van der Waals surface area contributed by atoms with E-state index in [1.807, 2.05) is 13.2 Å². The highest BCUT2D eigenvalue weighted by molar-refractivity contribution is 7.98. The smallest absolute Gasteiger partial charge is 0.243 e. The molecule has 0 saturated carbocycles. The lowest BCUT2D eigenvalue weighted by atomic mass is 10.2. The number of aromatic nitrogens is 1. The lowest BCUT2D eigenvalue weighted by Crippen LogP contribution is -2.44. The lowest BCUT2D eigenvalue weighted by molar-refractivity contribution is -0.117. The van der Waals surface area contributed by atoms with Gasteiger partial charge in [0.15, 0.2) is 0 Å². The van der Waals surface area contributed by atoms with Gasteiger partial charge in [-0.05, 0) is 61.2 Å². The average Bonchev–Trinajstić information content (AvgIpc) is 2.60. The van der Waals surface area contributed by atoms with Gasteiger partial charge in [0.2, 0.25) is 15.9 Å². The molecule has 6 nitrogen and oxygen atoms in total. The zero-order valence-corrected chi connectivity index (χ0v) is 17.8. The molecular weight excluding hydrogens is 429 g/mol. The van der Waals surface area contributed by atoms with Crippen molar-refractivity contribution in [3.8, 4) is 0 Å². The molecule has 27 heavy (non-hydrogen) atoms. The minimum Gasteiger partial charge on any atom is -0.309 e. The number of anilines is 1. The summed E-state index contributed by atoms with van der Waals surface area (Å²) < 4.78 is 27.9. The minimum atomic E-state index is -4.05. The third kappa shape index (κ3) is 6.36. The van der Waals surface area contributed by atoms with Crippen molar-refractivity contribution in [2.45, 2.75) is 24.3 Å². The molecular formula is C17H19Cl2N3O3S2. The maximum Gasteiger partial charge on any atom is 0.243 e. The van der Waals surface area contributed by atoms with Crippen molar-refractivity contribution in [3.05, 3.63) is 52.1 Å². The maximum atomic E-state index is 12.7. The summed E-state index contributed by atoms with van der Waals surface area (Å²) in [4.78, 5) is 16.5. The molecule has 0 saturated heterocycles. The number of hydrogen-bond acceptors (Lipinski definition) is 5. The van der Waals surface area contributed by atoms with E-state index in [4.69, 9.17) is 23.2 Å². The Morgan fingerprint density at radius 1 is 1.26 bits per heavy atom. The van der Waals surface area contributed by atoms with Gasteiger partial charge < -0.3 is 5.32 Å². The van der Waals surface area contributed by atoms with Crippen LogP contribution in [0.1, 0.15) is 12.0 Å². The van der Waals surface area contributed by atoms with Crippen LogP contribution in [0.3, 0.4) is 0 Å². The van der Waals surface area contributed by atoms with Crippen LogP contribution >= 0.6 is 35.0 Å². The molecule has 1 unspecified atom stereocenters. The summed E-state index contributed by atoms with van der Waals surface area (Å²) in [5.74, 6) is 0.448. The summed E-state index contributed by atoms with van der Waals surface area (Å²) >= 11 is 13.4. The predicted octanol–water partition coefficient (Wildman–Crippen LogP) is 3.74. The second-order valence-electron chi connectivity index (χ2n) is 5.74. The number of nitrogens with zero attached hydrogens (tertiary/aromatic N) is 1. The molecule has 1 atom stereocenters. The lowest BCUT2D eigenvalue weighted by Gasteiger charge is -2.18. The standard InChI is InChI=1S/C17H19Cl2N3O3S2/c1-11-5-7-20-16(9-11)21-17(23)14(6-8-26-2)22-27(24,25)15-10-12(18)3-4-13(15)19/h3-5,7,9-10,14,22H,6,8H2,1-2H3,(H,20,21,23). The molecule has 0 spiro atoms. The highest BCUT2D eigenvalue weighted by Gasteiger charge is 2.27. The van der Waals surface area contributed by atoms with E-state index in [0.29, 0.717) is 18.0 Å². The Kier molecular flexibility index (Phi) is 7.93. The molecule has 2 N–H and O–H groups in total. The molecule has 1 aromatic heterocycles. The van der Waals surface area contributed by atoms with Crippen LogP contribution in [-0.2, 0) is 14.8 Å².